The van der Waals surface area contributed by atoms with Crippen molar-refractivity contribution in [1.82, 2.24) is 14.8 Å². The first-order chi connectivity index (χ1) is 11.8. The SMILES string of the molecule is COCCn1c(CCO)nnc1N1CCC(OC2CCCC2)CC1. The second kappa shape index (κ2) is 8.78. The van der Waals surface area contributed by atoms with Crippen molar-refractivity contribution in [3.8, 4) is 0 Å². The molecule has 0 spiro atoms. The Morgan fingerprint density at radius 2 is 1.79 bits per heavy atom. The maximum atomic E-state index is 9.22. The normalized spacial score (nSPS) is 20.2. The van der Waals surface area contributed by atoms with Gasteiger partial charge in [0.1, 0.15) is 5.82 Å². The molecule has 1 aliphatic carbocycles. The van der Waals surface area contributed by atoms with E-state index in [4.69, 9.17) is 9.47 Å². The summed E-state index contributed by atoms with van der Waals surface area (Å²) in [6, 6.07) is 0. The molecule has 0 atom stereocenters. The van der Waals surface area contributed by atoms with Gasteiger partial charge in [-0.15, -0.1) is 10.2 Å². The van der Waals surface area contributed by atoms with Gasteiger partial charge in [-0.3, -0.25) is 4.57 Å². The first-order valence-corrected chi connectivity index (χ1v) is 9.24. The summed E-state index contributed by atoms with van der Waals surface area (Å²) in [5, 5.41) is 17.8. The Kier molecular flexibility index (Phi) is 6.45. The van der Waals surface area contributed by atoms with Crippen molar-refractivity contribution in [2.45, 2.75) is 63.7 Å². The molecular weight excluding hydrogens is 308 g/mol. The van der Waals surface area contributed by atoms with Gasteiger partial charge in [-0.05, 0) is 25.7 Å². The molecule has 0 bridgehead atoms. The van der Waals surface area contributed by atoms with Crippen LogP contribution in [0.4, 0.5) is 5.95 Å². The third kappa shape index (κ3) is 4.26. The van der Waals surface area contributed by atoms with Gasteiger partial charge in [0.25, 0.3) is 0 Å². The standard InChI is InChI=1S/C17H30N4O3/c1-23-13-11-21-16(8-12-22)18-19-17(21)20-9-6-15(7-10-20)24-14-4-2-3-5-14/h14-15,22H,2-13H2,1H3. The van der Waals surface area contributed by atoms with Crippen molar-refractivity contribution in [2.75, 3.05) is 38.3 Å². The van der Waals surface area contributed by atoms with Crippen LogP contribution in [0.15, 0.2) is 0 Å². The molecule has 1 saturated heterocycles. The molecule has 2 fully saturated rings. The minimum Gasteiger partial charge on any atom is -0.396 e. The molecule has 7 nitrogen and oxygen atoms in total. The summed E-state index contributed by atoms with van der Waals surface area (Å²) < 4.78 is 13.5. The minimum atomic E-state index is 0.0857. The Morgan fingerprint density at radius 1 is 1.08 bits per heavy atom. The van der Waals surface area contributed by atoms with Crippen molar-refractivity contribution in [2.24, 2.45) is 0 Å². The van der Waals surface area contributed by atoms with E-state index < -0.39 is 0 Å². The molecular formula is C17H30N4O3. The second-order valence-corrected chi connectivity index (χ2v) is 6.76. The summed E-state index contributed by atoms with van der Waals surface area (Å²) in [5.41, 5.74) is 0. The van der Waals surface area contributed by atoms with Gasteiger partial charge in [0.15, 0.2) is 0 Å². The van der Waals surface area contributed by atoms with E-state index >= 15 is 0 Å². The van der Waals surface area contributed by atoms with E-state index in [2.05, 4.69) is 19.7 Å². The lowest BCUT2D eigenvalue weighted by molar-refractivity contribution is -0.0196. The molecule has 0 amide bonds. The van der Waals surface area contributed by atoms with Gasteiger partial charge in [0.2, 0.25) is 5.95 Å². The van der Waals surface area contributed by atoms with Crippen molar-refractivity contribution >= 4 is 5.95 Å². The predicted molar refractivity (Wildman–Crippen MR) is 91.3 cm³/mol. The van der Waals surface area contributed by atoms with Gasteiger partial charge in [0.05, 0.1) is 32.0 Å². The maximum absolute atomic E-state index is 9.22. The summed E-state index contributed by atoms with van der Waals surface area (Å²) in [7, 11) is 1.70. The lowest BCUT2D eigenvalue weighted by Gasteiger charge is -2.34. The lowest BCUT2D eigenvalue weighted by Crippen LogP contribution is -2.39. The largest absolute Gasteiger partial charge is 0.396 e. The zero-order chi connectivity index (χ0) is 16.8. The highest BCUT2D eigenvalue weighted by Crippen LogP contribution is 2.27. The van der Waals surface area contributed by atoms with Gasteiger partial charge >= 0.3 is 0 Å². The Labute approximate surface area is 144 Å². The molecule has 0 aromatic carbocycles. The monoisotopic (exact) mass is 338 g/mol. The third-order valence-electron chi connectivity index (χ3n) is 5.07. The number of aliphatic hydroxyl groups excluding tert-OH is 1. The molecule has 0 radical (unpaired) electrons. The van der Waals surface area contributed by atoms with Gasteiger partial charge in [-0.1, -0.05) is 12.8 Å². The zero-order valence-corrected chi connectivity index (χ0v) is 14.7. The van der Waals surface area contributed by atoms with Crippen LogP contribution in [-0.2, 0) is 22.4 Å². The maximum Gasteiger partial charge on any atom is 0.227 e. The van der Waals surface area contributed by atoms with Crippen LogP contribution in [0.5, 0.6) is 0 Å². The Bertz CT molecular complexity index is 494. The number of hydrogen-bond acceptors (Lipinski definition) is 6. The van der Waals surface area contributed by atoms with Crippen LogP contribution in [0.25, 0.3) is 0 Å². The van der Waals surface area contributed by atoms with E-state index in [-0.39, 0.29) is 6.61 Å². The zero-order valence-electron chi connectivity index (χ0n) is 14.7. The van der Waals surface area contributed by atoms with Crippen LogP contribution in [0, 0.1) is 0 Å². The van der Waals surface area contributed by atoms with Gasteiger partial charge in [-0.2, -0.15) is 0 Å². The number of aromatic nitrogens is 3. The molecule has 1 aliphatic heterocycles. The topological polar surface area (TPSA) is 72.6 Å². The number of anilines is 1. The first-order valence-electron chi connectivity index (χ1n) is 9.24. The van der Waals surface area contributed by atoms with E-state index in [1.165, 1.54) is 25.7 Å². The second-order valence-electron chi connectivity index (χ2n) is 6.76. The Hall–Kier alpha value is -1.18. The molecule has 7 heteroatoms. The average molecular weight is 338 g/mol. The number of hydrogen-bond donors (Lipinski definition) is 1. The fourth-order valence-corrected chi connectivity index (χ4v) is 3.74. The molecule has 1 N–H and O–H groups in total. The number of aliphatic hydroxyl groups is 1. The molecule has 24 heavy (non-hydrogen) atoms. The quantitative estimate of drug-likeness (QED) is 0.772. The van der Waals surface area contributed by atoms with Crippen LogP contribution < -0.4 is 4.90 Å². The highest BCUT2D eigenvalue weighted by atomic mass is 16.5. The van der Waals surface area contributed by atoms with Crippen LogP contribution in [0.1, 0.15) is 44.3 Å². The molecule has 1 aromatic rings. The summed E-state index contributed by atoms with van der Waals surface area (Å²) in [5.74, 6) is 1.73. The molecule has 136 valence electrons. The van der Waals surface area contributed by atoms with Crippen LogP contribution in [0.2, 0.25) is 0 Å². The smallest absolute Gasteiger partial charge is 0.227 e. The number of piperidine rings is 1. The fourth-order valence-electron chi connectivity index (χ4n) is 3.74. The third-order valence-corrected chi connectivity index (χ3v) is 5.07. The Balaban J connectivity index is 1.58. The van der Waals surface area contributed by atoms with Gasteiger partial charge < -0.3 is 19.5 Å². The molecule has 3 rings (SSSR count). The van der Waals surface area contributed by atoms with E-state index in [1.807, 2.05) is 0 Å². The van der Waals surface area contributed by atoms with E-state index in [9.17, 15) is 5.11 Å². The average Bonchev–Trinajstić information content (AvgIpc) is 3.24. The molecule has 0 unspecified atom stereocenters. The number of nitrogens with zero attached hydrogens (tertiary/aromatic N) is 4. The predicted octanol–water partition coefficient (Wildman–Crippen LogP) is 1.39. The van der Waals surface area contributed by atoms with Crippen molar-refractivity contribution < 1.29 is 14.6 Å². The minimum absolute atomic E-state index is 0.0857. The lowest BCUT2D eigenvalue weighted by atomic mass is 10.1. The number of rotatable bonds is 8. The molecule has 2 aliphatic rings. The summed E-state index contributed by atoms with van der Waals surface area (Å²) in [6.45, 7) is 3.31. The number of ether oxygens (including phenoxy) is 2. The number of methoxy groups -OCH3 is 1. The van der Waals surface area contributed by atoms with Crippen LogP contribution in [-0.4, -0.2) is 65.5 Å². The molecule has 1 saturated carbocycles. The van der Waals surface area contributed by atoms with E-state index in [0.29, 0.717) is 31.8 Å². The van der Waals surface area contributed by atoms with E-state index in [1.54, 1.807) is 7.11 Å². The highest BCUT2D eigenvalue weighted by Gasteiger charge is 2.27. The summed E-state index contributed by atoms with van der Waals surface area (Å²) >= 11 is 0. The summed E-state index contributed by atoms with van der Waals surface area (Å²) in [4.78, 5) is 2.29. The Morgan fingerprint density at radius 3 is 2.46 bits per heavy atom. The van der Waals surface area contributed by atoms with Crippen molar-refractivity contribution in [3.63, 3.8) is 0 Å². The van der Waals surface area contributed by atoms with Crippen molar-refractivity contribution in [3.05, 3.63) is 5.82 Å². The van der Waals surface area contributed by atoms with Gasteiger partial charge in [0, 0.05) is 26.6 Å². The molecule has 2 heterocycles. The van der Waals surface area contributed by atoms with E-state index in [0.717, 1.165) is 37.7 Å². The first kappa shape index (κ1) is 17.6. The van der Waals surface area contributed by atoms with Crippen LogP contribution in [0.3, 0.4) is 0 Å². The highest BCUT2D eigenvalue weighted by molar-refractivity contribution is 5.32. The molecule has 1 aromatic heterocycles. The van der Waals surface area contributed by atoms with Crippen LogP contribution >= 0.6 is 0 Å². The van der Waals surface area contributed by atoms with Crippen molar-refractivity contribution in [1.29, 1.82) is 0 Å². The summed E-state index contributed by atoms with van der Waals surface area (Å²) in [6.07, 6.45) is 8.59. The van der Waals surface area contributed by atoms with Gasteiger partial charge in [-0.25, -0.2) is 0 Å². The fraction of sp³-hybridized carbons (Fsp3) is 0.882.